The lowest BCUT2D eigenvalue weighted by molar-refractivity contribution is 0.0518. The van der Waals surface area contributed by atoms with Gasteiger partial charge in [0.15, 0.2) is 0 Å². The van der Waals surface area contributed by atoms with Crippen LogP contribution in [-0.4, -0.2) is 34.1 Å². The number of alkyl carbamates (subject to hydrolysis) is 1. The van der Waals surface area contributed by atoms with E-state index in [1.807, 2.05) is 38.6 Å². The monoisotopic (exact) mass is 322 g/mol. The van der Waals surface area contributed by atoms with Gasteiger partial charge in [0, 0.05) is 32.4 Å². The van der Waals surface area contributed by atoms with E-state index in [-0.39, 0.29) is 12.1 Å². The summed E-state index contributed by atoms with van der Waals surface area (Å²) in [6.07, 6.45) is 6.46. The van der Waals surface area contributed by atoms with E-state index in [1.165, 1.54) is 25.7 Å². The number of aromatic nitrogens is 2. The Bertz CT molecular complexity index is 501. The molecule has 6 heteroatoms. The van der Waals surface area contributed by atoms with Crippen molar-refractivity contribution in [2.45, 2.75) is 64.6 Å². The highest BCUT2D eigenvalue weighted by Gasteiger charge is 2.26. The molecular weight excluding hydrogens is 292 g/mol. The van der Waals surface area contributed by atoms with E-state index in [1.54, 1.807) is 6.20 Å². The second kappa shape index (κ2) is 7.81. The van der Waals surface area contributed by atoms with Crippen LogP contribution in [0.15, 0.2) is 12.3 Å². The molecule has 0 radical (unpaired) electrons. The topological polar surface area (TPSA) is 68.2 Å². The van der Waals surface area contributed by atoms with E-state index in [0.29, 0.717) is 12.5 Å². The van der Waals surface area contributed by atoms with Crippen LogP contribution in [0, 0.1) is 5.92 Å². The molecule has 130 valence electrons. The van der Waals surface area contributed by atoms with Gasteiger partial charge >= 0.3 is 6.09 Å². The van der Waals surface area contributed by atoms with Gasteiger partial charge in [-0.15, -0.1) is 0 Å². The lowest BCUT2D eigenvalue weighted by atomic mass is 9.98. The Morgan fingerprint density at radius 3 is 2.70 bits per heavy atom. The number of amides is 1. The number of rotatable bonds is 6. The van der Waals surface area contributed by atoms with Crippen LogP contribution in [0.5, 0.6) is 0 Å². The fourth-order valence-electron chi connectivity index (χ4n) is 3.08. The van der Waals surface area contributed by atoms with E-state index in [9.17, 15) is 4.79 Å². The molecule has 1 amide bonds. The van der Waals surface area contributed by atoms with Crippen molar-refractivity contribution in [3.8, 4) is 0 Å². The number of carbonyl (C=O) groups is 1. The maximum atomic E-state index is 11.9. The zero-order chi connectivity index (χ0) is 16.9. The van der Waals surface area contributed by atoms with E-state index < -0.39 is 5.60 Å². The number of aryl methyl sites for hydroxylation is 1. The molecule has 0 aromatic carbocycles. The molecule has 1 atom stereocenters. The Morgan fingerprint density at radius 1 is 1.43 bits per heavy atom. The first-order chi connectivity index (χ1) is 10.8. The lowest BCUT2D eigenvalue weighted by Gasteiger charge is -2.26. The number of carbonyl (C=O) groups excluding carboxylic acids is 1. The Balaban J connectivity index is 1.87. The highest BCUT2D eigenvalue weighted by molar-refractivity contribution is 5.67. The smallest absolute Gasteiger partial charge is 0.407 e. The third kappa shape index (κ3) is 5.86. The molecule has 1 aromatic heterocycles. The van der Waals surface area contributed by atoms with Crippen molar-refractivity contribution in [2.24, 2.45) is 13.0 Å². The van der Waals surface area contributed by atoms with Crippen LogP contribution in [0.3, 0.4) is 0 Å². The van der Waals surface area contributed by atoms with Gasteiger partial charge in [-0.05, 0) is 45.6 Å². The third-order valence-electron chi connectivity index (χ3n) is 4.30. The summed E-state index contributed by atoms with van der Waals surface area (Å²) < 4.78 is 7.20. The van der Waals surface area contributed by atoms with Gasteiger partial charge in [-0.1, -0.05) is 12.8 Å². The second-order valence-corrected chi connectivity index (χ2v) is 7.36. The first kappa shape index (κ1) is 17.8. The highest BCUT2D eigenvalue weighted by atomic mass is 16.6. The molecule has 0 aliphatic heterocycles. The molecule has 1 aliphatic rings. The van der Waals surface area contributed by atoms with E-state index in [0.717, 1.165) is 12.2 Å². The Hall–Kier alpha value is -1.56. The van der Waals surface area contributed by atoms with Crippen molar-refractivity contribution >= 4 is 6.09 Å². The van der Waals surface area contributed by atoms with Crippen LogP contribution in [0.25, 0.3) is 0 Å². The van der Waals surface area contributed by atoms with Crippen LogP contribution in [0.1, 0.15) is 52.1 Å². The van der Waals surface area contributed by atoms with Gasteiger partial charge in [0.2, 0.25) is 0 Å². The molecule has 1 aromatic rings. The zero-order valence-electron chi connectivity index (χ0n) is 14.8. The average Bonchev–Trinajstić information content (AvgIpc) is 3.09. The van der Waals surface area contributed by atoms with Gasteiger partial charge in [-0.2, -0.15) is 5.10 Å². The molecule has 6 nitrogen and oxygen atoms in total. The summed E-state index contributed by atoms with van der Waals surface area (Å²) in [5.74, 6) is 0.609. The summed E-state index contributed by atoms with van der Waals surface area (Å²) in [5.41, 5.74) is 0.681. The number of nitrogens with zero attached hydrogens (tertiary/aromatic N) is 2. The number of hydrogen-bond donors (Lipinski definition) is 2. The summed E-state index contributed by atoms with van der Waals surface area (Å²) in [6, 6.07) is 2.28. The molecule has 0 unspecified atom stereocenters. The molecule has 23 heavy (non-hydrogen) atoms. The molecule has 0 saturated heterocycles. The number of hydrogen-bond acceptors (Lipinski definition) is 4. The van der Waals surface area contributed by atoms with Gasteiger partial charge in [0.25, 0.3) is 0 Å². The van der Waals surface area contributed by atoms with Gasteiger partial charge in [0.05, 0.1) is 5.69 Å². The fraction of sp³-hybridized carbons (Fsp3) is 0.765. The van der Waals surface area contributed by atoms with E-state index in [4.69, 9.17) is 4.74 Å². The van der Waals surface area contributed by atoms with E-state index in [2.05, 4.69) is 15.7 Å². The van der Waals surface area contributed by atoms with Gasteiger partial charge < -0.3 is 15.4 Å². The lowest BCUT2D eigenvalue weighted by Crippen LogP contribution is -2.46. The first-order valence-electron chi connectivity index (χ1n) is 8.52. The van der Waals surface area contributed by atoms with Crippen molar-refractivity contribution in [3.63, 3.8) is 0 Å². The van der Waals surface area contributed by atoms with Crippen molar-refractivity contribution in [2.75, 3.05) is 6.54 Å². The maximum Gasteiger partial charge on any atom is 0.407 e. The minimum Gasteiger partial charge on any atom is -0.444 e. The number of nitrogens with one attached hydrogen (secondary N) is 2. The Labute approximate surface area is 139 Å². The molecule has 1 fully saturated rings. The van der Waals surface area contributed by atoms with Gasteiger partial charge in [-0.25, -0.2) is 4.79 Å². The Morgan fingerprint density at radius 2 is 2.13 bits per heavy atom. The molecule has 1 aliphatic carbocycles. The zero-order valence-corrected chi connectivity index (χ0v) is 14.8. The predicted molar refractivity (Wildman–Crippen MR) is 90.0 cm³/mol. The quantitative estimate of drug-likeness (QED) is 0.845. The summed E-state index contributed by atoms with van der Waals surface area (Å²) >= 11 is 0. The van der Waals surface area contributed by atoms with Crippen molar-refractivity contribution in [3.05, 3.63) is 18.0 Å². The van der Waals surface area contributed by atoms with Gasteiger partial charge in [-0.3, -0.25) is 4.68 Å². The van der Waals surface area contributed by atoms with Crippen molar-refractivity contribution in [1.29, 1.82) is 0 Å². The largest absolute Gasteiger partial charge is 0.444 e. The van der Waals surface area contributed by atoms with Crippen LogP contribution >= 0.6 is 0 Å². The van der Waals surface area contributed by atoms with Crippen LogP contribution in [0.4, 0.5) is 4.79 Å². The molecule has 0 spiro atoms. The van der Waals surface area contributed by atoms with E-state index >= 15 is 0 Å². The molecule has 1 heterocycles. The normalized spacial score (nSPS) is 17.2. The molecule has 1 saturated carbocycles. The predicted octanol–water partition coefficient (Wildman–Crippen LogP) is 2.59. The van der Waals surface area contributed by atoms with Crippen molar-refractivity contribution < 1.29 is 9.53 Å². The minimum atomic E-state index is -0.463. The summed E-state index contributed by atoms with van der Waals surface area (Å²) in [5, 5.41) is 10.7. The second-order valence-electron chi connectivity index (χ2n) is 7.36. The summed E-state index contributed by atoms with van der Waals surface area (Å²) in [4.78, 5) is 11.9. The molecule has 2 rings (SSSR count). The molecule has 0 bridgehead atoms. The highest BCUT2D eigenvalue weighted by Crippen LogP contribution is 2.27. The van der Waals surface area contributed by atoms with Crippen LogP contribution in [-0.2, 0) is 18.3 Å². The van der Waals surface area contributed by atoms with Gasteiger partial charge in [0.1, 0.15) is 5.60 Å². The van der Waals surface area contributed by atoms with Crippen LogP contribution < -0.4 is 10.6 Å². The first-order valence-corrected chi connectivity index (χ1v) is 8.52. The Kier molecular flexibility index (Phi) is 6.04. The number of ether oxygens (including phenoxy) is 1. The third-order valence-corrected chi connectivity index (χ3v) is 4.30. The average molecular weight is 322 g/mol. The maximum absolute atomic E-state index is 11.9. The fourth-order valence-corrected chi connectivity index (χ4v) is 3.08. The van der Waals surface area contributed by atoms with Crippen molar-refractivity contribution in [1.82, 2.24) is 20.4 Å². The standard InChI is InChI=1S/C17H30N4O2/c1-17(2,3)23-16(22)19-12-15(13-7-5-6-8-13)18-11-14-9-10-20-21(14)4/h9-10,13,15,18H,5-8,11-12H2,1-4H3,(H,19,22)/t15-/m1/s1. The molecule has 2 N–H and O–H groups in total. The minimum absolute atomic E-state index is 0.264. The summed E-state index contributed by atoms with van der Waals surface area (Å²) in [7, 11) is 1.94. The summed E-state index contributed by atoms with van der Waals surface area (Å²) in [6.45, 7) is 6.98. The molecular formula is C17H30N4O2. The SMILES string of the molecule is Cn1nccc1CN[C@H](CNC(=O)OC(C)(C)C)C1CCCC1. The van der Waals surface area contributed by atoms with Crippen LogP contribution in [0.2, 0.25) is 0 Å².